The lowest BCUT2D eigenvalue weighted by Gasteiger charge is -2.37. The highest BCUT2D eigenvalue weighted by molar-refractivity contribution is 7.85. The van der Waals surface area contributed by atoms with Crippen molar-refractivity contribution < 1.29 is 13.7 Å². The second-order valence-electron chi connectivity index (χ2n) is 6.63. The van der Waals surface area contributed by atoms with Gasteiger partial charge in [0.05, 0.1) is 18.0 Å². The Morgan fingerprint density at radius 3 is 2.73 bits per heavy atom. The Morgan fingerprint density at radius 2 is 2.00 bits per heavy atom. The first kappa shape index (κ1) is 17.7. The predicted molar refractivity (Wildman–Crippen MR) is 89.4 cm³/mol. The minimum absolute atomic E-state index is 0.0221. The molecule has 2 aliphatic rings. The first-order valence-corrected chi connectivity index (χ1v) is 9.92. The highest BCUT2D eigenvalue weighted by atomic mass is 32.2. The molecule has 1 aliphatic carbocycles. The summed E-state index contributed by atoms with van der Waals surface area (Å²) in [7, 11) is -0.813. The molecule has 1 saturated heterocycles. The number of amides is 2. The minimum atomic E-state index is -0.813. The summed E-state index contributed by atoms with van der Waals surface area (Å²) < 4.78 is 17.7. The van der Waals surface area contributed by atoms with Crippen molar-refractivity contribution in [2.75, 3.05) is 25.4 Å². The number of rotatable bonds is 4. The Hall–Kier alpha value is -0.620. The number of carbonyl (C=O) groups excluding carboxylic acids is 1. The summed E-state index contributed by atoms with van der Waals surface area (Å²) >= 11 is 0. The molecule has 1 aliphatic heterocycles. The lowest BCUT2D eigenvalue weighted by atomic mass is 9.88. The van der Waals surface area contributed by atoms with Crippen molar-refractivity contribution in [3.8, 4) is 0 Å². The average Bonchev–Trinajstić information content (AvgIpc) is 2.50. The quantitative estimate of drug-likeness (QED) is 0.804. The Bertz CT molecular complexity index is 405. The van der Waals surface area contributed by atoms with Gasteiger partial charge in [-0.2, -0.15) is 0 Å². The van der Waals surface area contributed by atoms with Crippen LogP contribution >= 0.6 is 0 Å². The molecule has 0 aromatic rings. The van der Waals surface area contributed by atoms with E-state index in [-0.39, 0.29) is 17.3 Å². The van der Waals surface area contributed by atoms with Crippen LogP contribution in [0.1, 0.15) is 46.5 Å². The first-order valence-electron chi connectivity index (χ1n) is 8.54. The number of hydrogen-bond donors (Lipinski definition) is 1. The molecule has 0 spiro atoms. The number of urea groups is 1. The largest absolute Gasteiger partial charge is 0.376 e. The number of ether oxygens (including phenoxy) is 1. The van der Waals surface area contributed by atoms with Gasteiger partial charge < -0.3 is 15.0 Å². The summed E-state index contributed by atoms with van der Waals surface area (Å²) in [6, 6.07) is -0.0368. The van der Waals surface area contributed by atoms with E-state index in [0.29, 0.717) is 37.5 Å². The summed E-state index contributed by atoms with van der Waals surface area (Å²) in [5.41, 5.74) is 0. The van der Waals surface area contributed by atoms with Crippen LogP contribution in [0.4, 0.5) is 4.79 Å². The van der Waals surface area contributed by atoms with Crippen LogP contribution in [0.3, 0.4) is 0 Å². The van der Waals surface area contributed by atoms with Crippen molar-refractivity contribution in [3.63, 3.8) is 0 Å². The van der Waals surface area contributed by atoms with Gasteiger partial charge in [0.15, 0.2) is 0 Å². The Morgan fingerprint density at radius 1 is 1.27 bits per heavy atom. The Labute approximate surface area is 136 Å². The van der Waals surface area contributed by atoms with Crippen LogP contribution in [0.5, 0.6) is 0 Å². The van der Waals surface area contributed by atoms with Crippen LogP contribution < -0.4 is 5.32 Å². The van der Waals surface area contributed by atoms with E-state index in [9.17, 15) is 9.00 Å². The predicted octanol–water partition coefficient (Wildman–Crippen LogP) is 2.13. The summed E-state index contributed by atoms with van der Waals surface area (Å²) in [5, 5.41) is 2.98. The monoisotopic (exact) mass is 330 g/mol. The van der Waals surface area contributed by atoms with Crippen molar-refractivity contribution in [2.24, 2.45) is 5.92 Å². The summed E-state index contributed by atoms with van der Waals surface area (Å²) in [4.78, 5) is 14.0. The molecule has 5 atom stereocenters. The number of carbonyl (C=O) groups is 1. The van der Waals surface area contributed by atoms with E-state index in [1.54, 1.807) is 4.90 Å². The van der Waals surface area contributed by atoms with Crippen LogP contribution in [0, 0.1) is 5.92 Å². The van der Waals surface area contributed by atoms with E-state index in [1.165, 1.54) is 19.3 Å². The lowest BCUT2D eigenvalue weighted by molar-refractivity contribution is -0.00280. The normalized spacial score (nSPS) is 36.1. The van der Waals surface area contributed by atoms with Gasteiger partial charge >= 0.3 is 6.03 Å². The van der Waals surface area contributed by atoms with E-state index in [1.807, 2.05) is 13.8 Å². The van der Waals surface area contributed by atoms with Crippen molar-refractivity contribution in [1.29, 1.82) is 0 Å². The third-order valence-electron chi connectivity index (χ3n) is 5.12. The van der Waals surface area contributed by atoms with E-state index in [0.717, 1.165) is 6.42 Å². The smallest absolute Gasteiger partial charge is 0.317 e. The van der Waals surface area contributed by atoms with E-state index in [2.05, 4.69) is 12.2 Å². The number of hydrogen-bond acceptors (Lipinski definition) is 3. The molecule has 6 heteroatoms. The van der Waals surface area contributed by atoms with E-state index < -0.39 is 10.8 Å². The molecule has 1 saturated carbocycles. The van der Waals surface area contributed by atoms with Gasteiger partial charge in [-0.1, -0.05) is 19.8 Å². The molecule has 2 fully saturated rings. The molecule has 2 amide bonds. The lowest BCUT2D eigenvalue weighted by Crippen LogP contribution is -2.55. The number of nitrogens with one attached hydrogen (secondary N) is 1. The fourth-order valence-corrected chi connectivity index (χ4v) is 4.67. The van der Waals surface area contributed by atoms with Gasteiger partial charge in [-0.15, -0.1) is 0 Å². The van der Waals surface area contributed by atoms with E-state index >= 15 is 0 Å². The SMILES string of the molecule is CC1CCCCC1OCCNC(=O)N1CCS(=O)C(C)C1C. The summed E-state index contributed by atoms with van der Waals surface area (Å²) in [6.45, 7) is 7.87. The second kappa shape index (κ2) is 8.29. The molecule has 0 radical (unpaired) electrons. The van der Waals surface area contributed by atoms with Crippen molar-refractivity contribution in [2.45, 2.75) is 63.9 Å². The molecule has 5 unspecified atom stereocenters. The van der Waals surface area contributed by atoms with Gasteiger partial charge in [0.2, 0.25) is 0 Å². The molecular formula is C16H30N2O3S. The Balaban J connectivity index is 1.68. The zero-order valence-electron chi connectivity index (χ0n) is 14.0. The van der Waals surface area contributed by atoms with Crippen LogP contribution in [0.2, 0.25) is 0 Å². The first-order chi connectivity index (χ1) is 10.5. The fourth-order valence-electron chi connectivity index (χ4n) is 3.34. The van der Waals surface area contributed by atoms with Crippen LogP contribution in [-0.2, 0) is 15.5 Å². The topological polar surface area (TPSA) is 58.6 Å². The maximum Gasteiger partial charge on any atom is 0.317 e. The van der Waals surface area contributed by atoms with Crippen LogP contribution in [0.25, 0.3) is 0 Å². The maximum absolute atomic E-state index is 12.2. The number of nitrogens with zero attached hydrogens (tertiary/aromatic N) is 1. The van der Waals surface area contributed by atoms with Gasteiger partial charge in [-0.05, 0) is 32.6 Å². The molecule has 2 rings (SSSR count). The molecule has 0 aromatic heterocycles. The van der Waals surface area contributed by atoms with Gasteiger partial charge in [-0.25, -0.2) is 4.79 Å². The molecule has 22 heavy (non-hydrogen) atoms. The third kappa shape index (κ3) is 4.44. The van der Waals surface area contributed by atoms with Crippen molar-refractivity contribution >= 4 is 16.8 Å². The zero-order chi connectivity index (χ0) is 16.1. The van der Waals surface area contributed by atoms with Crippen LogP contribution in [-0.4, -0.2) is 58.0 Å². The highest BCUT2D eigenvalue weighted by Gasteiger charge is 2.32. The molecule has 1 N–H and O–H groups in total. The Kier molecular flexibility index (Phi) is 6.68. The standard InChI is InChI=1S/C16H30N2O3S/c1-12-6-4-5-7-15(12)21-10-8-17-16(19)18-9-11-22(20)14(3)13(18)2/h12-15H,4-11H2,1-3H3,(H,17,19). The van der Waals surface area contributed by atoms with Crippen LogP contribution in [0.15, 0.2) is 0 Å². The van der Waals surface area contributed by atoms with Gasteiger partial charge in [-0.3, -0.25) is 4.21 Å². The highest BCUT2D eigenvalue weighted by Crippen LogP contribution is 2.26. The fraction of sp³-hybridized carbons (Fsp3) is 0.938. The molecule has 5 nitrogen and oxygen atoms in total. The third-order valence-corrected chi connectivity index (χ3v) is 6.93. The molecule has 0 bridgehead atoms. The zero-order valence-corrected chi connectivity index (χ0v) is 14.9. The second-order valence-corrected chi connectivity index (χ2v) is 8.54. The minimum Gasteiger partial charge on any atom is -0.376 e. The maximum atomic E-state index is 12.2. The van der Waals surface area contributed by atoms with E-state index in [4.69, 9.17) is 4.74 Å². The van der Waals surface area contributed by atoms with Gasteiger partial charge in [0.1, 0.15) is 0 Å². The average molecular weight is 330 g/mol. The van der Waals surface area contributed by atoms with Gasteiger partial charge in [0.25, 0.3) is 0 Å². The van der Waals surface area contributed by atoms with Crippen molar-refractivity contribution in [1.82, 2.24) is 10.2 Å². The molecule has 1 heterocycles. The van der Waals surface area contributed by atoms with Crippen molar-refractivity contribution in [3.05, 3.63) is 0 Å². The molecular weight excluding hydrogens is 300 g/mol. The van der Waals surface area contributed by atoms with Gasteiger partial charge in [0, 0.05) is 35.7 Å². The molecule has 128 valence electrons. The molecule has 0 aromatic carbocycles. The summed E-state index contributed by atoms with van der Waals surface area (Å²) in [5.74, 6) is 1.21. The summed E-state index contributed by atoms with van der Waals surface area (Å²) in [6.07, 6.45) is 5.30.